The monoisotopic (exact) mass is 283 g/mol. The summed E-state index contributed by atoms with van der Waals surface area (Å²) in [5.74, 6) is 1.02. The van der Waals surface area contributed by atoms with E-state index in [9.17, 15) is 5.26 Å². The number of hydrogen-bond donors (Lipinski definition) is 0. The topological polar surface area (TPSA) is 33.0 Å². The zero-order chi connectivity index (χ0) is 15.1. The lowest BCUT2D eigenvalue weighted by Gasteiger charge is -2.40. The van der Waals surface area contributed by atoms with Crippen LogP contribution in [0.5, 0.6) is 5.75 Å². The van der Waals surface area contributed by atoms with Gasteiger partial charge >= 0.3 is 0 Å². The molecule has 1 unspecified atom stereocenters. The van der Waals surface area contributed by atoms with E-state index in [4.69, 9.17) is 4.74 Å². The molecule has 1 aromatic rings. The van der Waals surface area contributed by atoms with Crippen molar-refractivity contribution in [1.82, 2.24) is 0 Å². The van der Waals surface area contributed by atoms with Crippen molar-refractivity contribution in [3.63, 3.8) is 0 Å². The van der Waals surface area contributed by atoms with Gasteiger partial charge in [-0.1, -0.05) is 31.5 Å². The molecule has 2 nitrogen and oxygen atoms in total. The van der Waals surface area contributed by atoms with Crippen molar-refractivity contribution in [3.8, 4) is 11.8 Å². The summed E-state index contributed by atoms with van der Waals surface area (Å²) in [6, 6.07) is 9.04. The minimum atomic E-state index is -0.169. The Hall–Kier alpha value is -1.49. The third-order valence-electron chi connectivity index (χ3n) is 5.37. The molecule has 0 bridgehead atoms. The van der Waals surface area contributed by atoms with Crippen molar-refractivity contribution in [2.24, 2.45) is 10.8 Å². The van der Waals surface area contributed by atoms with Crippen LogP contribution in [0.2, 0.25) is 0 Å². The predicted molar refractivity (Wildman–Crippen MR) is 84.2 cm³/mol. The Labute approximate surface area is 128 Å². The SMILES string of the molecule is Cc1ccc2c(c1)CC(CC1(C#N)CCC(C)(C)CC1)O2. The predicted octanol–water partition coefficient (Wildman–Crippen LogP) is 4.80. The van der Waals surface area contributed by atoms with Gasteiger partial charge in [-0.25, -0.2) is 0 Å². The van der Waals surface area contributed by atoms with Crippen molar-refractivity contribution in [2.75, 3.05) is 0 Å². The molecule has 1 fully saturated rings. The summed E-state index contributed by atoms with van der Waals surface area (Å²) < 4.78 is 6.09. The summed E-state index contributed by atoms with van der Waals surface area (Å²) in [6.45, 7) is 6.76. The maximum Gasteiger partial charge on any atom is 0.123 e. The average molecular weight is 283 g/mol. The van der Waals surface area contributed by atoms with Crippen LogP contribution in [0.15, 0.2) is 18.2 Å². The lowest BCUT2D eigenvalue weighted by Crippen LogP contribution is -2.34. The third-order valence-corrected chi connectivity index (χ3v) is 5.37. The van der Waals surface area contributed by atoms with Crippen LogP contribution in [0, 0.1) is 29.1 Å². The van der Waals surface area contributed by atoms with Gasteiger partial charge in [0.25, 0.3) is 0 Å². The Morgan fingerprint density at radius 3 is 2.62 bits per heavy atom. The van der Waals surface area contributed by atoms with Gasteiger partial charge in [0.05, 0.1) is 11.5 Å². The number of nitriles is 1. The fourth-order valence-corrected chi connectivity index (χ4v) is 3.77. The summed E-state index contributed by atoms with van der Waals surface area (Å²) in [4.78, 5) is 0. The highest BCUT2D eigenvalue weighted by molar-refractivity contribution is 5.40. The molecule has 112 valence electrons. The molecule has 0 aromatic heterocycles. The number of nitrogens with zero attached hydrogens (tertiary/aromatic N) is 1. The van der Waals surface area contributed by atoms with Gasteiger partial charge in [-0.3, -0.25) is 0 Å². The van der Waals surface area contributed by atoms with Gasteiger partial charge < -0.3 is 4.74 Å². The molecule has 1 aliphatic heterocycles. The van der Waals surface area contributed by atoms with Gasteiger partial charge in [-0.15, -0.1) is 0 Å². The molecule has 1 heterocycles. The van der Waals surface area contributed by atoms with Gasteiger partial charge in [0.1, 0.15) is 11.9 Å². The van der Waals surface area contributed by atoms with Crippen LogP contribution in [-0.2, 0) is 6.42 Å². The van der Waals surface area contributed by atoms with Gasteiger partial charge in [0, 0.05) is 12.8 Å². The van der Waals surface area contributed by atoms with E-state index in [1.807, 2.05) is 0 Å². The minimum absolute atomic E-state index is 0.169. The van der Waals surface area contributed by atoms with Crippen molar-refractivity contribution < 1.29 is 4.74 Å². The summed E-state index contributed by atoms with van der Waals surface area (Å²) in [7, 11) is 0. The number of aryl methyl sites for hydroxylation is 1. The van der Waals surface area contributed by atoms with Crippen LogP contribution in [0.3, 0.4) is 0 Å². The second-order valence-electron chi connectivity index (χ2n) is 7.82. The zero-order valence-electron chi connectivity index (χ0n) is 13.4. The van der Waals surface area contributed by atoms with E-state index in [1.165, 1.54) is 11.1 Å². The lowest BCUT2D eigenvalue weighted by molar-refractivity contribution is 0.0935. The summed E-state index contributed by atoms with van der Waals surface area (Å²) in [5.41, 5.74) is 2.82. The van der Waals surface area contributed by atoms with Gasteiger partial charge in [-0.2, -0.15) is 5.26 Å². The molecule has 21 heavy (non-hydrogen) atoms. The van der Waals surface area contributed by atoms with E-state index in [0.717, 1.165) is 44.3 Å². The van der Waals surface area contributed by atoms with Crippen molar-refractivity contribution in [3.05, 3.63) is 29.3 Å². The first-order valence-corrected chi connectivity index (χ1v) is 8.09. The van der Waals surface area contributed by atoms with Crippen LogP contribution in [0.25, 0.3) is 0 Å². The average Bonchev–Trinajstić information content (AvgIpc) is 2.83. The van der Waals surface area contributed by atoms with Crippen LogP contribution in [-0.4, -0.2) is 6.10 Å². The summed E-state index contributed by atoms with van der Waals surface area (Å²) in [5, 5.41) is 9.73. The smallest absolute Gasteiger partial charge is 0.123 e. The number of ether oxygens (including phenoxy) is 1. The fraction of sp³-hybridized carbons (Fsp3) is 0.632. The van der Waals surface area contributed by atoms with Gasteiger partial charge in [0.2, 0.25) is 0 Å². The van der Waals surface area contributed by atoms with E-state index in [-0.39, 0.29) is 11.5 Å². The second kappa shape index (κ2) is 5.05. The highest BCUT2D eigenvalue weighted by atomic mass is 16.5. The second-order valence-corrected chi connectivity index (χ2v) is 7.82. The first-order chi connectivity index (χ1) is 9.91. The van der Waals surface area contributed by atoms with E-state index >= 15 is 0 Å². The molecular weight excluding hydrogens is 258 g/mol. The van der Waals surface area contributed by atoms with Crippen LogP contribution >= 0.6 is 0 Å². The van der Waals surface area contributed by atoms with E-state index < -0.39 is 0 Å². The molecule has 2 heteroatoms. The first-order valence-electron chi connectivity index (χ1n) is 8.09. The fourth-order valence-electron chi connectivity index (χ4n) is 3.77. The maximum atomic E-state index is 9.73. The summed E-state index contributed by atoms with van der Waals surface area (Å²) >= 11 is 0. The highest BCUT2D eigenvalue weighted by Crippen LogP contribution is 2.48. The molecular formula is C19H25NO. The number of benzene rings is 1. The van der Waals surface area contributed by atoms with Gasteiger partial charge in [0.15, 0.2) is 0 Å². The zero-order valence-corrected chi connectivity index (χ0v) is 13.4. The highest BCUT2D eigenvalue weighted by Gasteiger charge is 2.41. The Morgan fingerprint density at radius 1 is 1.24 bits per heavy atom. The normalized spacial score (nSPS) is 25.7. The Bertz CT molecular complexity index is 572. The largest absolute Gasteiger partial charge is 0.490 e. The Balaban J connectivity index is 1.69. The Morgan fingerprint density at radius 2 is 1.95 bits per heavy atom. The number of hydrogen-bond acceptors (Lipinski definition) is 2. The standard InChI is InChI=1S/C19H25NO/c1-14-4-5-17-15(10-14)11-16(21-17)12-19(13-20)8-6-18(2,3)7-9-19/h4-5,10,16H,6-9,11-12H2,1-3H3. The quantitative estimate of drug-likeness (QED) is 0.781. The van der Waals surface area contributed by atoms with Crippen molar-refractivity contribution in [2.45, 2.75) is 65.4 Å². The molecule has 1 atom stereocenters. The number of rotatable bonds is 2. The molecule has 2 aliphatic rings. The Kier molecular flexibility index (Phi) is 3.48. The van der Waals surface area contributed by atoms with Gasteiger partial charge in [-0.05, 0) is 49.7 Å². The van der Waals surface area contributed by atoms with E-state index in [0.29, 0.717) is 5.41 Å². The summed E-state index contributed by atoms with van der Waals surface area (Å²) in [6.07, 6.45) is 6.37. The molecule has 3 rings (SSSR count). The number of fused-ring (bicyclic) bond motifs is 1. The molecule has 1 aromatic carbocycles. The van der Waals surface area contributed by atoms with Crippen molar-refractivity contribution >= 4 is 0 Å². The third kappa shape index (κ3) is 2.93. The van der Waals surface area contributed by atoms with Crippen molar-refractivity contribution in [1.29, 1.82) is 5.26 Å². The molecule has 1 saturated carbocycles. The molecule has 0 N–H and O–H groups in total. The lowest BCUT2D eigenvalue weighted by atomic mass is 9.64. The molecule has 0 amide bonds. The molecule has 0 spiro atoms. The van der Waals surface area contributed by atoms with Crippen LogP contribution < -0.4 is 4.74 Å². The first kappa shape index (κ1) is 14.4. The molecule has 1 aliphatic carbocycles. The van der Waals surface area contributed by atoms with Crippen LogP contribution in [0.1, 0.15) is 57.1 Å². The molecule has 0 saturated heterocycles. The maximum absolute atomic E-state index is 9.73. The molecule has 0 radical (unpaired) electrons. The minimum Gasteiger partial charge on any atom is -0.490 e. The van der Waals surface area contributed by atoms with Crippen LogP contribution in [0.4, 0.5) is 0 Å². The van der Waals surface area contributed by atoms with E-state index in [1.54, 1.807) is 0 Å². The van der Waals surface area contributed by atoms with E-state index in [2.05, 4.69) is 45.0 Å².